The fourth-order valence-corrected chi connectivity index (χ4v) is 4.03. The Morgan fingerprint density at radius 2 is 1.19 bits per heavy atom. The predicted molar refractivity (Wildman–Crippen MR) is 141 cm³/mol. The van der Waals surface area contributed by atoms with Gasteiger partial charge in [0, 0.05) is 12.1 Å². The summed E-state index contributed by atoms with van der Waals surface area (Å²) in [5.74, 6) is -5.37. The van der Waals surface area contributed by atoms with Gasteiger partial charge in [-0.15, -0.1) is 0 Å². The summed E-state index contributed by atoms with van der Waals surface area (Å²) in [6, 6.07) is 9.26. The Labute approximate surface area is 233 Å². The zero-order valence-corrected chi connectivity index (χ0v) is 21.1. The molecule has 16 nitrogen and oxygen atoms in total. The largest absolute Gasteiger partial charge is 0.497 e. The molecule has 0 aromatic heterocycles. The third-order valence-electron chi connectivity index (χ3n) is 6.01. The van der Waals surface area contributed by atoms with E-state index in [-0.39, 0.29) is 5.56 Å². The van der Waals surface area contributed by atoms with Gasteiger partial charge < -0.3 is 14.9 Å². The number of urea groups is 1. The smallest absolute Gasteiger partial charge is 0.343 e. The van der Waals surface area contributed by atoms with Crippen LogP contribution in [-0.4, -0.2) is 57.0 Å². The number of aromatic carboxylic acids is 2. The topological polar surface area (TPSA) is 228 Å². The number of carbonyl (C=O) groups excluding carboxylic acids is 3. The van der Waals surface area contributed by atoms with E-state index in [1.165, 1.54) is 31.4 Å². The lowest BCUT2D eigenvalue weighted by Crippen LogP contribution is -2.57. The molecule has 0 atom stereocenters. The number of imide groups is 2. The van der Waals surface area contributed by atoms with Crippen molar-refractivity contribution >= 4 is 58.6 Å². The number of hydrogen-bond acceptors (Lipinski definition) is 10. The van der Waals surface area contributed by atoms with Gasteiger partial charge in [-0.2, -0.15) is 0 Å². The van der Waals surface area contributed by atoms with Gasteiger partial charge in [-0.1, -0.05) is 12.1 Å². The number of ether oxygens (including phenoxy) is 1. The summed E-state index contributed by atoms with van der Waals surface area (Å²) in [5.41, 5.74) is -4.79. The van der Waals surface area contributed by atoms with Crippen LogP contribution in [-0.2, 0) is 9.59 Å². The van der Waals surface area contributed by atoms with Crippen molar-refractivity contribution in [2.75, 3.05) is 16.9 Å². The van der Waals surface area contributed by atoms with Crippen LogP contribution in [0.25, 0.3) is 6.08 Å². The number of nitrogens with zero attached hydrogens (tertiary/aromatic N) is 4. The number of anilines is 2. The number of nitro groups is 2. The highest BCUT2D eigenvalue weighted by Gasteiger charge is 2.45. The number of nitro benzene ring substituents is 2. The number of carbonyl (C=O) groups is 5. The number of carboxylic acids is 2. The third kappa shape index (κ3) is 5.09. The Hall–Kier alpha value is -6.45. The minimum atomic E-state index is -1.66. The van der Waals surface area contributed by atoms with Crippen molar-refractivity contribution in [3.63, 3.8) is 0 Å². The van der Waals surface area contributed by atoms with Gasteiger partial charge in [0.15, 0.2) is 0 Å². The molecular weight excluding hydrogens is 560 g/mol. The summed E-state index contributed by atoms with van der Waals surface area (Å²) in [6.07, 6.45) is 1.09. The molecule has 1 aliphatic rings. The van der Waals surface area contributed by atoms with Crippen LogP contribution in [0.4, 0.5) is 27.5 Å². The number of hydrogen-bond donors (Lipinski definition) is 2. The van der Waals surface area contributed by atoms with Gasteiger partial charge in [-0.3, -0.25) is 29.8 Å². The van der Waals surface area contributed by atoms with Crippen molar-refractivity contribution < 1.29 is 48.8 Å². The van der Waals surface area contributed by atoms with Gasteiger partial charge in [0.25, 0.3) is 23.2 Å². The molecule has 0 bridgehead atoms. The second kappa shape index (κ2) is 11.0. The monoisotopic (exact) mass is 576 g/mol. The quantitative estimate of drug-likeness (QED) is 0.170. The molecule has 1 aliphatic heterocycles. The van der Waals surface area contributed by atoms with Crippen molar-refractivity contribution in [3.8, 4) is 5.75 Å². The van der Waals surface area contributed by atoms with Crippen LogP contribution >= 0.6 is 0 Å². The summed E-state index contributed by atoms with van der Waals surface area (Å²) in [5, 5.41) is 41.7. The zero-order chi connectivity index (χ0) is 30.9. The Morgan fingerprint density at radius 1 is 0.762 bits per heavy atom. The maximum absolute atomic E-state index is 13.6. The molecule has 0 spiro atoms. The highest BCUT2D eigenvalue weighted by atomic mass is 16.6. The summed E-state index contributed by atoms with van der Waals surface area (Å²) >= 11 is 0. The molecule has 42 heavy (non-hydrogen) atoms. The van der Waals surface area contributed by atoms with Gasteiger partial charge in [0.05, 0.1) is 28.3 Å². The predicted octanol–water partition coefficient (Wildman–Crippen LogP) is 3.49. The molecule has 0 aliphatic carbocycles. The van der Waals surface area contributed by atoms with Crippen molar-refractivity contribution in [1.29, 1.82) is 0 Å². The van der Waals surface area contributed by atoms with Gasteiger partial charge >= 0.3 is 18.0 Å². The van der Waals surface area contributed by atoms with E-state index >= 15 is 0 Å². The van der Waals surface area contributed by atoms with Crippen LogP contribution in [0.3, 0.4) is 0 Å². The molecule has 2 N–H and O–H groups in total. The molecule has 0 saturated carbocycles. The summed E-state index contributed by atoms with van der Waals surface area (Å²) in [6.45, 7) is 0. The second-order valence-electron chi connectivity index (χ2n) is 8.42. The molecular formula is C26H16N4O12. The average molecular weight is 576 g/mol. The van der Waals surface area contributed by atoms with E-state index in [4.69, 9.17) is 4.74 Å². The minimum absolute atomic E-state index is 0.279. The SMILES string of the molecule is COc1ccc(C=C2C(=O)N(c3ccc(C(=O)O)c([N+](=O)[O-])c3)C(=O)N(c3ccc(C(=O)O)c([N+](=O)[O-])c3)C2=O)cc1. The summed E-state index contributed by atoms with van der Waals surface area (Å²) in [4.78, 5) is 85.4. The average Bonchev–Trinajstić information content (AvgIpc) is 2.95. The number of rotatable bonds is 8. The zero-order valence-electron chi connectivity index (χ0n) is 21.1. The molecule has 3 aromatic rings. The lowest BCUT2D eigenvalue weighted by molar-refractivity contribution is -0.385. The summed E-state index contributed by atoms with van der Waals surface area (Å²) < 4.78 is 5.07. The molecule has 1 heterocycles. The molecule has 4 rings (SSSR count). The van der Waals surface area contributed by atoms with E-state index < -0.39 is 79.1 Å². The Balaban J connectivity index is 1.95. The number of barbiturate groups is 1. The lowest BCUT2D eigenvalue weighted by Gasteiger charge is -2.33. The lowest BCUT2D eigenvalue weighted by atomic mass is 10.0. The number of amides is 4. The second-order valence-corrected chi connectivity index (χ2v) is 8.42. The van der Waals surface area contributed by atoms with Gasteiger partial charge in [-0.05, 0) is 48.0 Å². The van der Waals surface area contributed by atoms with Crippen molar-refractivity contribution in [1.82, 2.24) is 0 Å². The molecule has 1 fully saturated rings. The fourth-order valence-electron chi connectivity index (χ4n) is 4.03. The first-order chi connectivity index (χ1) is 19.8. The minimum Gasteiger partial charge on any atom is -0.497 e. The van der Waals surface area contributed by atoms with E-state index in [2.05, 4.69) is 0 Å². The van der Waals surface area contributed by atoms with E-state index in [0.29, 0.717) is 27.7 Å². The molecule has 3 aromatic carbocycles. The van der Waals surface area contributed by atoms with Crippen LogP contribution in [0.5, 0.6) is 5.75 Å². The highest BCUT2D eigenvalue weighted by molar-refractivity contribution is 6.46. The van der Waals surface area contributed by atoms with Crippen LogP contribution in [0, 0.1) is 20.2 Å². The van der Waals surface area contributed by atoms with Crippen LogP contribution in [0.1, 0.15) is 26.3 Å². The highest BCUT2D eigenvalue weighted by Crippen LogP contribution is 2.34. The van der Waals surface area contributed by atoms with E-state index in [0.717, 1.165) is 30.3 Å². The maximum Gasteiger partial charge on any atom is 0.343 e. The van der Waals surface area contributed by atoms with Crippen molar-refractivity contribution in [3.05, 3.63) is 103 Å². The van der Waals surface area contributed by atoms with Gasteiger partial charge in [0.1, 0.15) is 22.4 Å². The fraction of sp³-hybridized carbons (Fsp3) is 0.0385. The van der Waals surface area contributed by atoms with Gasteiger partial charge in [0.2, 0.25) is 0 Å². The normalized spacial score (nSPS) is 13.2. The number of carboxylic acid groups (broad SMARTS) is 2. The standard InChI is InChI=1S/C26H16N4O12/c1-42-16-6-2-13(3-7-16)10-19-22(31)27(14-4-8-17(24(33)34)20(11-14)29(38)39)26(37)28(23(19)32)15-5-9-18(25(35)36)21(12-15)30(40)41/h2-12H,1H3,(H,33,34)(H,35,36). The summed E-state index contributed by atoms with van der Waals surface area (Å²) in [7, 11) is 1.41. The molecule has 4 amide bonds. The Morgan fingerprint density at radius 3 is 1.55 bits per heavy atom. The molecule has 0 unspecified atom stereocenters. The van der Waals surface area contributed by atoms with E-state index in [9.17, 15) is 54.4 Å². The molecule has 16 heteroatoms. The van der Waals surface area contributed by atoms with Gasteiger partial charge in [-0.25, -0.2) is 24.2 Å². The maximum atomic E-state index is 13.6. The first-order valence-electron chi connectivity index (χ1n) is 11.5. The first kappa shape index (κ1) is 28.6. The Kier molecular flexibility index (Phi) is 7.46. The number of benzene rings is 3. The van der Waals surface area contributed by atoms with E-state index in [1.807, 2.05) is 0 Å². The molecule has 212 valence electrons. The van der Waals surface area contributed by atoms with Crippen molar-refractivity contribution in [2.45, 2.75) is 0 Å². The van der Waals surface area contributed by atoms with Crippen LogP contribution in [0.15, 0.2) is 66.2 Å². The van der Waals surface area contributed by atoms with Crippen molar-refractivity contribution in [2.24, 2.45) is 0 Å². The Bertz CT molecular complexity index is 1650. The molecule has 0 radical (unpaired) electrons. The number of methoxy groups -OCH3 is 1. The van der Waals surface area contributed by atoms with Crippen LogP contribution < -0.4 is 14.5 Å². The van der Waals surface area contributed by atoms with E-state index in [1.54, 1.807) is 0 Å². The molecule has 1 saturated heterocycles. The first-order valence-corrected chi connectivity index (χ1v) is 11.5. The third-order valence-corrected chi connectivity index (χ3v) is 6.01. The van der Waals surface area contributed by atoms with Crippen LogP contribution in [0.2, 0.25) is 0 Å².